The third-order valence-corrected chi connectivity index (χ3v) is 4.76. The van der Waals surface area contributed by atoms with E-state index in [2.05, 4.69) is 48.6 Å². The van der Waals surface area contributed by atoms with Crippen molar-refractivity contribution in [2.45, 2.75) is 25.7 Å². The molecule has 1 fully saturated rings. The largest absolute Gasteiger partial charge is 0.316 e. The van der Waals surface area contributed by atoms with E-state index in [1.165, 1.54) is 11.6 Å². The maximum absolute atomic E-state index is 13.6. The summed E-state index contributed by atoms with van der Waals surface area (Å²) in [5, 5.41) is 3.47. The molecule has 2 aromatic carbocycles. The summed E-state index contributed by atoms with van der Waals surface area (Å²) in [5.41, 5.74) is 2.64. The maximum Gasteiger partial charge on any atom is 0.123 e. The summed E-state index contributed by atoms with van der Waals surface area (Å²) in [7, 11) is 0. The summed E-state index contributed by atoms with van der Waals surface area (Å²) in [6.45, 7) is 4.30. The Morgan fingerprint density at radius 1 is 1.14 bits per heavy atom. The molecule has 2 atom stereocenters. The minimum absolute atomic E-state index is 0.139. The third kappa shape index (κ3) is 3.16. The predicted octanol–water partition coefficient (Wildman–Crippen LogP) is 4.15. The fourth-order valence-electron chi connectivity index (χ4n) is 3.56. The number of nitrogens with one attached hydrogen (secondary N) is 1. The van der Waals surface area contributed by atoms with Crippen LogP contribution >= 0.6 is 0 Å². The predicted molar refractivity (Wildman–Crippen MR) is 84.9 cm³/mol. The second-order valence-corrected chi connectivity index (χ2v) is 6.38. The first-order valence-corrected chi connectivity index (χ1v) is 7.67. The van der Waals surface area contributed by atoms with Crippen molar-refractivity contribution in [2.24, 2.45) is 5.41 Å². The van der Waals surface area contributed by atoms with E-state index in [0.29, 0.717) is 5.92 Å². The van der Waals surface area contributed by atoms with E-state index in [-0.39, 0.29) is 11.2 Å². The average Bonchev–Trinajstić information content (AvgIpc) is 2.48. The lowest BCUT2D eigenvalue weighted by atomic mass is 9.66. The molecule has 0 amide bonds. The lowest BCUT2D eigenvalue weighted by Gasteiger charge is -2.42. The van der Waals surface area contributed by atoms with Gasteiger partial charge in [-0.15, -0.1) is 0 Å². The van der Waals surface area contributed by atoms with Gasteiger partial charge in [0.05, 0.1) is 0 Å². The van der Waals surface area contributed by atoms with Crippen LogP contribution < -0.4 is 5.32 Å². The fraction of sp³-hybridized carbons (Fsp3) is 0.368. The van der Waals surface area contributed by atoms with E-state index in [0.717, 1.165) is 31.5 Å². The molecule has 2 unspecified atom stereocenters. The highest BCUT2D eigenvalue weighted by Gasteiger charge is 2.37. The average molecular weight is 283 g/mol. The van der Waals surface area contributed by atoms with Crippen molar-refractivity contribution in [3.63, 3.8) is 0 Å². The molecular weight excluding hydrogens is 261 g/mol. The van der Waals surface area contributed by atoms with Gasteiger partial charge in [-0.25, -0.2) is 4.39 Å². The second-order valence-electron chi connectivity index (χ2n) is 6.38. The third-order valence-electron chi connectivity index (χ3n) is 4.76. The van der Waals surface area contributed by atoms with Crippen molar-refractivity contribution in [3.8, 4) is 0 Å². The van der Waals surface area contributed by atoms with Gasteiger partial charge in [-0.1, -0.05) is 49.4 Å². The van der Waals surface area contributed by atoms with E-state index in [1.807, 2.05) is 6.07 Å². The lowest BCUT2D eigenvalue weighted by molar-refractivity contribution is 0.186. The molecule has 0 bridgehead atoms. The molecule has 0 aliphatic carbocycles. The molecule has 2 heteroatoms. The van der Waals surface area contributed by atoms with Crippen molar-refractivity contribution in [3.05, 3.63) is 71.5 Å². The molecule has 2 aromatic rings. The second kappa shape index (κ2) is 5.98. The standard InChI is InChI=1S/C19H22FN/c1-19(13-15-6-3-2-4-7-15)10-11-21-14-18(19)16-8-5-9-17(20)12-16/h2-9,12,18,21H,10-11,13-14H2,1H3. The van der Waals surface area contributed by atoms with Gasteiger partial charge in [0.15, 0.2) is 0 Å². The van der Waals surface area contributed by atoms with Crippen LogP contribution in [0.1, 0.15) is 30.4 Å². The number of benzene rings is 2. The van der Waals surface area contributed by atoms with Gasteiger partial charge >= 0.3 is 0 Å². The molecule has 1 heterocycles. The highest BCUT2D eigenvalue weighted by Crippen LogP contribution is 2.43. The molecule has 110 valence electrons. The summed E-state index contributed by atoms with van der Waals surface area (Å²) >= 11 is 0. The van der Waals surface area contributed by atoms with E-state index in [1.54, 1.807) is 6.07 Å². The van der Waals surface area contributed by atoms with E-state index in [9.17, 15) is 4.39 Å². The van der Waals surface area contributed by atoms with Crippen LogP contribution in [0.15, 0.2) is 54.6 Å². The molecule has 3 rings (SSSR count). The van der Waals surface area contributed by atoms with Crippen LogP contribution in [0.3, 0.4) is 0 Å². The quantitative estimate of drug-likeness (QED) is 0.892. The van der Waals surface area contributed by atoms with Gasteiger partial charge in [-0.3, -0.25) is 0 Å². The van der Waals surface area contributed by atoms with Gasteiger partial charge < -0.3 is 5.32 Å². The first-order valence-electron chi connectivity index (χ1n) is 7.67. The molecule has 1 N–H and O–H groups in total. The maximum atomic E-state index is 13.6. The molecule has 1 saturated heterocycles. The summed E-state index contributed by atoms with van der Waals surface area (Å²) < 4.78 is 13.6. The highest BCUT2D eigenvalue weighted by atomic mass is 19.1. The van der Waals surface area contributed by atoms with Crippen LogP contribution in [0.5, 0.6) is 0 Å². The Hall–Kier alpha value is -1.67. The van der Waals surface area contributed by atoms with Gasteiger partial charge in [0.2, 0.25) is 0 Å². The van der Waals surface area contributed by atoms with Crippen LogP contribution in [0.25, 0.3) is 0 Å². The van der Waals surface area contributed by atoms with Crippen LogP contribution in [0.4, 0.5) is 4.39 Å². The van der Waals surface area contributed by atoms with Crippen LogP contribution in [0.2, 0.25) is 0 Å². The van der Waals surface area contributed by atoms with Crippen molar-refractivity contribution >= 4 is 0 Å². The van der Waals surface area contributed by atoms with Crippen molar-refractivity contribution < 1.29 is 4.39 Å². The highest BCUT2D eigenvalue weighted by molar-refractivity contribution is 5.26. The summed E-state index contributed by atoms with van der Waals surface area (Å²) in [6.07, 6.45) is 2.15. The van der Waals surface area contributed by atoms with Crippen molar-refractivity contribution in [2.75, 3.05) is 13.1 Å². The van der Waals surface area contributed by atoms with Gasteiger partial charge in [0.1, 0.15) is 5.82 Å². The van der Waals surface area contributed by atoms with Crippen LogP contribution in [-0.4, -0.2) is 13.1 Å². The molecule has 0 spiro atoms. The summed E-state index contributed by atoms with van der Waals surface area (Å²) in [6, 6.07) is 17.7. The molecule has 1 aliphatic heterocycles. The normalized spacial score (nSPS) is 25.7. The number of halogens is 1. The van der Waals surface area contributed by atoms with Gasteiger partial charge in [-0.2, -0.15) is 0 Å². The molecule has 0 radical (unpaired) electrons. The van der Waals surface area contributed by atoms with Gasteiger partial charge in [0, 0.05) is 12.5 Å². The first-order chi connectivity index (χ1) is 10.2. The number of hydrogen-bond donors (Lipinski definition) is 1. The SMILES string of the molecule is CC1(Cc2ccccc2)CCNCC1c1cccc(F)c1. The van der Waals surface area contributed by atoms with Crippen molar-refractivity contribution in [1.82, 2.24) is 5.32 Å². The molecule has 1 aliphatic rings. The van der Waals surface area contributed by atoms with E-state index in [4.69, 9.17) is 0 Å². The fourth-order valence-corrected chi connectivity index (χ4v) is 3.56. The first kappa shape index (κ1) is 14.3. The van der Waals surface area contributed by atoms with E-state index < -0.39 is 0 Å². The smallest absolute Gasteiger partial charge is 0.123 e. The molecule has 0 saturated carbocycles. The number of piperidine rings is 1. The Kier molecular flexibility index (Phi) is 4.07. The molecular formula is C19H22FN. The molecule has 21 heavy (non-hydrogen) atoms. The topological polar surface area (TPSA) is 12.0 Å². The van der Waals surface area contributed by atoms with Crippen molar-refractivity contribution in [1.29, 1.82) is 0 Å². The monoisotopic (exact) mass is 283 g/mol. The Labute approximate surface area is 126 Å². The minimum Gasteiger partial charge on any atom is -0.316 e. The van der Waals surface area contributed by atoms with Crippen LogP contribution in [-0.2, 0) is 6.42 Å². The Balaban J connectivity index is 1.90. The minimum atomic E-state index is -0.139. The van der Waals surface area contributed by atoms with E-state index >= 15 is 0 Å². The lowest BCUT2D eigenvalue weighted by Crippen LogP contribution is -2.43. The summed E-state index contributed by atoms with van der Waals surface area (Å²) in [4.78, 5) is 0. The Morgan fingerprint density at radius 3 is 2.71 bits per heavy atom. The molecule has 0 aromatic heterocycles. The Bertz CT molecular complexity index is 596. The zero-order valence-corrected chi connectivity index (χ0v) is 12.5. The molecule has 1 nitrogen and oxygen atoms in total. The zero-order valence-electron chi connectivity index (χ0n) is 12.5. The van der Waals surface area contributed by atoms with Gasteiger partial charge in [0.25, 0.3) is 0 Å². The van der Waals surface area contributed by atoms with Crippen LogP contribution in [0, 0.1) is 11.2 Å². The van der Waals surface area contributed by atoms with Gasteiger partial charge in [-0.05, 0) is 48.1 Å². The summed E-state index contributed by atoms with van der Waals surface area (Å²) in [5.74, 6) is 0.210. The zero-order chi connectivity index (χ0) is 14.7. The Morgan fingerprint density at radius 2 is 1.95 bits per heavy atom. The number of rotatable bonds is 3. The number of hydrogen-bond acceptors (Lipinski definition) is 1.